The SMILES string of the molecule is [2H]c1c([2H])c([2H])c2c(c1[2H])c1c([2H])c([2H])c([2H])c([2H])c1n2-c1ccc(-c2cc(-c3cc(-n4c5ccccc5c5ccccc54)cc(-n4c5ccccc5c5ccccc54)c3)nc(-c3ccccc3)n2)cc1. The summed E-state index contributed by atoms with van der Waals surface area (Å²) < 4.78 is 76.0. The smallest absolute Gasteiger partial charge is 0.160 e. The predicted octanol–water partition coefficient (Wildman–Crippen LogP) is 14.8. The molecular weight excluding hydrogens is 767 g/mol. The van der Waals surface area contributed by atoms with Crippen molar-refractivity contribution in [3.63, 3.8) is 0 Å². The molecule has 13 rings (SSSR count). The topological polar surface area (TPSA) is 40.6 Å². The molecule has 5 heteroatoms. The molecule has 5 nitrogen and oxygen atoms in total. The van der Waals surface area contributed by atoms with E-state index in [0.29, 0.717) is 22.9 Å². The highest BCUT2D eigenvalue weighted by atomic mass is 15.0. The minimum atomic E-state index is -0.485. The maximum Gasteiger partial charge on any atom is 0.160 e. The fourth-order valence-corrected chi connectivity index (χ4v) is 9.32. The molecule has 0 spiro atoms. The maximum absolute atomic E-state index is 9.02. The third kappa shape index (κ3) is 5.57. The van der Waals surface area contributed by atoms with Gasteiger partial charge in [-0.25, -0.2) is 9.97 Å². The molecule has 63 heavy (non-hydrogen) atoms. The fraction of sp³-hybridized carbons (Fsp3) is 0. The van der Waals surface area contributed by atoms with E-state index in [4.69, 9.17) is 20.9 Å². The summed E-state index contributed by atoms with van der Waals surface area (Å²) in [5.41, 5.74) is 10.4. The quantitative estimate of drug-likeness (QED) is 0.168. The van der Waals surface area contributed by atoms with Gasteiger partial charge in [-0.3, -0.25) is 0 Å². The summed E-state index contributed by atoms with van der Waals surface area (Å²) in [7, 11) is 0. The summed E-state index contributed by atoms with van der Waals surface area (Å²) in [5, 5.41) is 4.64. The standard InChI is InChI=1S/C58H37N5/c1-2-16-39(17-3-1)58-59-50(38-30-32-41(33-31-38)61-52-24-10-4-18-44(52)45-19-5-11-25-53(45)61)37-51(60-58)40-34-42(62-54-26-12-6-20-46(54)47-21-7-13-27-55(47)62)36-43(35-40)63-56-28-14-8-22-48(56)49-23-9-15-29-57(49)63/h1-37H/i4D,5D,10D,11D,18D,19D,24D,25D. The van der Waals surface area contributed by atoms with Gasteiger partial charge in [-0.15, -0.1) is 0 Å². The van der Waals surface area contributed by atoms with Gasteiger partial charge in [0.25, 0.3) is 0 Å². The van der Waals surface area contributed by atoms with Crippen LogP contribution in [0.1, 0.15) is 11.0 Å². The van der Waals surface area contributed by atoms with Crippen LogP contribution in [0.15, 0.2) is 224 Å². The molecule has 0 saturated heterocycles. The Bertz CT molecular complexity index is 4070. The summed E-state index contributed by atoms with van der Waals surface area (Å²) >= 11 is 0. The number of hydrogen-bond acceptors (Lipinski definition) is 2. The van der Waals surface area contributed by atoms with E-state index in [-0.39, 0.29) is 46.0 Å². The van der Waals surface area contributed by atoms with Crippen molar-refractivity contribution in [2.75, 3.05) is 0 Å². The molecule has 0 fully saturated rings. The number of fused-ring (bicyclic) bond motifs is 9. The maximum atomic E-state index is 9.02. The van der Waals surface area contributed by atoms with Crippen molar-refractivity contribution in [2.45, 2.75) is 0 Å². The van der Waals surface area contributed by atoms with Crippen molar-refractivity contribution in [1.29, 1.82) is 0 Å². The van der Waals surface area contributed by atoms with Crippen molar-refractivity contribution in [2.24, 2.45) is 0 Å². The number of benzene rings is 9. The van der Waals surface area contributed by atoms with Crippen LogP contribution in [-0.4, -0.2) is 23.7 Å². The minimum absolute atomic E-state index is 0.0263. The Morgan fingerprint density at radius 1 is 0.302 bits per heavy atom. The van der Waals surface area contributed by atoms with Crippen LogP contribution in [-0.2, 0) is 0 Å². The first kappa shape index (κ1) is 28.1. The lowest BCUT2D eigenvalue weighted by Gasteiger charge is -2.16. The normalized spacial score (nSPS) is 13.6. The van der Waals surface area contributed by atoms with E-state index in [1.165, 1.54) is 4.57 Å². The van der Waals surface area contributed by atoms with Crippen LogP contribution >= 0.6 is 0 Å². The zero-order valence-electron chi connectivity index (χ0n) is 41.5. The number of para-hydroxylation sites is 6. The van der Waals surface area contributed by atoms with E-state index >= 15 is 0 Å². The molecule has 0 aliphatic carbocycles. The van der Waals surface area contributed by atoms with Crippen molar-refractivity contribution >= 4 is 65.4 Å². The molecule has 0 radical (unpaired) electrons. The van der Waals surface area contributed by atoms with Crippen LogP contribution in [0.25, 0.3) is 116 Å². The van der Waals surface area contributed by atoms with Gasteiger partial charge in [-0.05, 0) is 72.7 Å². The molecule has 0 atom stereocenters. The Balaban J connectivity index is 1.05. The van der Waals surface area contributed by atoms with Crippen molar-refractivity contribution in [1.82, 2.24) is 23.7 Å². The van der Waals surface area contributed by atoms with Gasteiger partial charge in [-0.2, -0.15) is 0 Å². The minimum Gasteiger partial charge on any atom is -0.309 e. The molecule has 0 unspecified atom stereocenters. The second kappa shape index (κ2) is 14.0. The van der Waals surface area contributed by atoms with Crippen molar-refractivity contribution < 1.29 is 11.0 Å². The van der Waals surface area contributed by atoms with E-state index in [2.05, 4.69) is 124 Å². The molecule has 13 aromatic rings. The van der Waals surface area contributed by atoms with E-state index in [0.717, 1.165) is 71.7 Å². The second-order valence-corrected chi connectivity index (χ2v) is 15.6. The first-order valence-electron chi connectivity index (χ1n) is 24.8. The molecular formula is C58H37N5. The van der Waals surface area contributed by atoms with Gasteiger partial charge in [0.05, 0.1) is 55.5 Å². The lowest BCUT2D eigenvalue weighted by atomic mass is 10.0. The van der Waals surface area contributed by atoms with E-state index in [1.54, 1.807) is 12.1 Å². The molecule has 4 heterocycles. The molecule has 294 valence electrons. The van der Waals surface area contributed by atoms with Gasteiger partial charge < -0.3 is 13.7 Å². The van der Waals surface area contributed by atoms with Gasteiger partial charge in [0.2, 0.25) is 0 Å². The molecule has 9 aromatic carbocycles. The highest BCUT2D eigenvalue weighted by Crippen LogP contribution is 2.39. The van der Waals surface area contributed by atoms with E-state index < -0.39 is 24.2 Å². The van der Waals surface area contributed by atoms with Crippen LogP contribution in [0.3, 0.4) is 0 Å². The zero-order chi connectivity index (χ0) is 48.4. The predicted molar refractivity (Wildman–Crippen MR) is 261 cm³/mol. The van der Waals surface area contributed by atoms with Gasteiger partial charge in [-0.1, -0.05) is 152 Å². The Kier molecular flexibility index (Phi) is 6.24. The van der Waals surface area contributed by atoms with Crippen LogP contribution < -0.4 is 0 Å². The van der Waals surface area contributed by atoms with Crippen molar-refractivity contribution in [3.05, 3.63) is 224 Å². The van der Waals surface area contributed by atoms with Crippen LogP contribution in [0.5, 0.6) is 0 Å². The third-order valence-corrected chi connectivity index (χ3v) is 12.1. The highest BCUT2D eigenvalue weighted by Gasteiger charge is 2.19. The Morgan fingerprint density at radius 3 is 1.21 bits per heavy atom. The van der Waals surface area contributed by atoms with Gasteiger partial charge in [0.1, 0.15) is 0 Å². The third-order valence-electron chi connectivity index (χ3n) is 12.1. The monoisotopic (exact) mass is 811 g/mol. The Morgan fingerprint density at radius 2 is 0.714 bits per heavy atom. The first-order chi connectivity index (χ1) is 34.6. The summed E-state index contributed by atoms with van der Waals surface area (Å²) in [4.78, 5) is 10.5. The number of aromatic nitrogens is 5. The summed E-state index contributed by atoms with van der Waals surface area (Å²) in [6.07, 6.45) is 0. The lowest BCUT2D eigenvalue weighted by molar-refractivity contribution is 1.13. The second-order valence-electron chi connectivity index (χ2n) is 15.6. The van der Waals surface area contributed by atoms with E-state index in [9.17, 15) is 0 Å². The number of hydrogen-bond donors (Lipinski definition) is 0. The molecule has 0 bridgehead atoms. The molecule has 0 N–H and O–H groups in total. The summed E-state index contributed by atoms with van der Waals surface area (Å²) in [5.74, 6) is 0.511. The highest BCUT2D eigenvalue weighted by molar-refractivity contribution is 6.11. The molecule has 0 saturated carbocycles. The van der Waals surface area contributed by atoms with Crippen LogP contribution in [0.2, 0.25) is 0 Å². The molecule has 4 aromatic heterocycles. The van der Waals surface area contributed by atoms with Gasteiger partial charge in [0, 0.05) is 66.1 Å². The first-order valence-corrected chi connectivity index (χ1v) is 20.8. The average molecular weight is 812 g/mol. The van der Waals surface area contributed by atoms with Gasteiger partial charge in [0.15, 0.2) is 5.82 Å². The van der Waals surface area contributed by atoms with E-state index in [1.807, 2.05) is 48.5 Å². The summed E-state index contributed by atoms with van der Waals surface area (Å²) in [6, 6.07) is 56.2. The Labute approximate surface area is 374 Å². The fourth-order valence-electron chi connectivity index (χ4n) is 9.32. The van der Waals surface area contributed by atoms with Crippen LogP contribution in [0.4, 0.5) is 0 Å². The molecule has 0 amide bonds. The summed E-state index contributed by atoms with van der Waals surface area (Å²) in [6.45, 7) is 0. The Hall–Kier alpha value is -8.54. The van der Waals surface area contributed by atoms with Gasteiger partial charge >= 0.3 is 0 Å². The lowest BCUT2D eigenvalue weighted by Crippen LogP contribution is -2.01. The van der Waals surface area contributed by atoms with Crippen molar-refractivity contribution in [3.8, 4) is 51.0 Å². The average Bonchev–Trinajstić information content (AvgIpc) is 4.08. The number of nitrogens with zero attached hydrogens (tertiary/aromatic N) is 5. The zero-order valence-corrected chi connectivity index (χ0v) is 33.5. The van der Waals surface area contributed by atoms with Crippen LogP contribution in [0, 0.1) is 0 Å². The molecule has 0 aliphatic heterocycles. The largest absolute Gasteiger partial charge is 0.309 e. The number of rotatable bonds is 6. The molecule has 0 aliphatic rings.